The number of aryl methyl sites for hydroxylation is 1. The van der Waals surface area contributed by atoms with Crippen molar-refractivity contribution in [1.29, 1.82) is 0 Å². The molecule has 0 aliphatic heterocycles. The van der Waals surface area contributed by atoms with Gasteiger partial charge in [0.1, 0.15) is 0 Å². The summed E-state index contributed by atoms with van der Waals surface area (Å²) in [4.78, 5) is 12.0. The van der Waals surface area contributed by atoms with E-state index in [4.69, 9.17) is 14.2 Å². The topological polar surface area (TPSA) is 82.1 Å². The Kier molecular flexibility index (Phi) is 7.28. The number of methoxy groups -OCH3 is 2. The molecule has 2 aromatic rings. The van der Waals surface area contributed by atoms with Crippen molar-refractivity contribution in [1.82, 2.24) is 0 Å². The standard InChI is InChI=1S/C20H25NO6S/c1-5-27-19(22)13-14-21(17-7-6-8-18(25-3)20(17)26-4)28(23,24)16-11-9-15(2)10-12-16/h6-12H,5,13-14H2,1-4H3. The third-order valence-corrected chi connectivity index (χ3v) is 5.91. The molecule has 0 heterocycles. The number of anilines is 1. The van der Waals surface area contributed by atoms with Crippen LogP contribution in [0, 0.1) is 6.92 Å². The molecule has 0 aliphatic carbocycles. The molecule has 0 bridgehead atoms. The molecule has 0 atom stereocenters. The quantitative estimate of drug-likeness (QED) is 0.594. The van der Waals surface area contributed by atoms with Gasteiger partial charge < -0.3 is 14.2 Å². The van der Waals surface area contributed by atoms with Crippen LogP contribution in [0.3, 0.4) is 0 Å². The van der Waals surface area contributed by atoms with Crippen LogP contribution in [0.1, 0.15) is 18.9 Å². The number of rotatable bonds is 9. The molecule has 0 unspecified atom stereocenters. The van der Waals surface area contributed by atoms with Crippen molar-refractivity contribution < 1.29 is 27.4 Å². The van der Waals surface area contributed by atoms with Crippen LogP contribution in [0.2, 0.25) is 0 Å². The molecule has 28 heavy (non-hydrogen) atoms. The van der Waals surface area contributed by atoms with Gasteiger partial charge in [0.05, 0.1) is 37.8 Å². The normalized spacial score (nSPS) is 11.0. The lowest BCUT2D eigenvalue weighted by Crippen LogP contribution is -2.33. The van der Waals surface area contributed by atoms with Crippen molar-refractivity contribution in [2.75, 3.05) is 31.7 Å². The zero-order chi connectivity index (χ0) is 20.7. The number of hydrogen-bond donors (Lipinski definition) is 0. The Morgan fingerprint density at radius 2 is 1.71 bits per heavy atom. The average Bonchev–Trinajstić information content (AvgIpc) is 2.68. The summed E-state index contributed by atoms with van der Waals surface area (Å²) in [5.74, 6) is 0.179. The summed E-state index contributed by atoms with van der Waals surface area (Å²) in [6.07, 6.45) is -0.0979. The van der Waals surface area contributed by atoms with Crippen LogP contribution >= 0.6 is 0 Å². The van der Waals surface area contributed by atoms with Gasteiger partial charge in [-0.15, -0.1) is 0 Å². The zero-order valence-electron chi connectivity index (χ0n) is 16.5. The van der Waals surface area contributed by atoms with E-state index in [2.05, 4.69) is 0 Å². The SMILES string of the molecule is CCOC(=O)CCN(c1cccc(OC)c1OC)S(=O)(=O)c1ccc(C)cc1. The summed E-state index contributed by atoms with van der Waals surface area (Å²) in [5.41, 5.74) is 1.22. The predicted octanol–water partition coefficient (Wildman–Crippen LogP) is 3.16. The lowest BCUT2D eigenvalue weighted by molar-refractivity contribution is -0.142. The van der Waals surface area contributed by atoms with Gasteiger partial charge in [-0.1, -0.05) is 23.8 Å². The van der Waals surface area contributed by atoms with E-state index in [0.717, 1.165) is 9.87 Å². The van der Waals surface area contributed by atoms with E-state index in [1.54, 1.807) is 37.3 Å². The number of benzene rings is 2. The van der Waals surface area contributed by atoms with Gasteiger partial charge in [0.15, 0.2) is 11.5 Å². The second-order valence-corrected chi connectivity index (χ2v) is 7.82. The smallest absolute Gasteiger partial charge is 0.307 e. The molecule has 2 aromatic carbocycles. The first-order chi connectivity index (χ1) is 13.3. The third-order valence-electron chi connectivity index (χ3n) is 4.08. The number of esters is 1. The van der Waals surface area contributed by atoms with Gasteiger partial charge in [0.2, 0.25) is 0 Å². The van der Waals surface area contributed by atoms with Crippen LogP contribution in [0.15, 0.2) is 47.4 Å². The molecule has 0 N–H and O–H groups in total. The van der Waals surface area contributed by atoms with Gasteiger partial charge in [-0.3, -0.25) is 9.10 Å². The summed E-state index contributed by atoms with van der Waals surface area (Å²) in [6, 6.07) is 11.5. The average molecular weight is 407 g/mol. The van der Waals surface area contributed by atoms with E-state index in [1.807, 2.05) is 6.92 Å². The molecule has 2 rings (SSSR count). The second kappa shape index (κ2) is 9.45. The van der Waals surface area contributed by atoms with Crippen molar-refractivity contribution in [3.63, 3.8) is 0 Å². The fourth-order valence-corrected chi connectivity index (χ4v) is 4.17. The molecule has 7 nitrogen and oxygen atoms in total. The Labute approximate surface area is 165 Å². The van der Waals surface area contributed by atoms with Crippen molar-refractivity contribution in [2.24, 2.45) is 0 Å². The van der Waals surface area contributed by atoms with Gasteiger partial charge in [-0.25, -0.2) is 8.42 Å². The fraction of sp³-hybridized carbons (Fsp3) is 0.350. The molecular weight excluding hydrogens is 382 g/mol. The third kappa shape index (κ3) is 4.75. The number of sulfonamides is 1. The van der Waals surface area contributed by atoms with Crippen LogP contribution in [-0.4, -0.2) is 41.8 Å². The van der Waals surface area contributed by atoms with Crippen molar-refractivity contribution in [3.05, 3.63) is 48.0 Å². The first kappa shape index (κ1) is 21.6. The van der Waals surface area contributed by atoms with E-state index in [-0.39, 0.29) is 35.9 Å². The van der Waals surface area contributed by atoms with Crippen LogP contribution in [0.4, 0.5) is 5.69 Å². The summed E-state index contributed by atoms with van der Waals surface area (Å²) in [6.45, 7) is 3.70. The summed E-state index contributed by atoms with van der Waals surface area (Å²) >= 11 is 0. The Bertz CT molecular complexity index is 909. The van der Waals surface area contributed by atoms with E-state index >= 15 is 0 Å². The van der Waals surface area contributed by atoms with Gasteiger partial charge in [-0.2, -0.15) is 0 Å². The Morgan fingerprint density at radius 1 is 1.04 bits per heavy atom. The van der Waals surface area contributed by atoms with E-state index in [0.29, 0.717) is 5.75 Å². The molecule has 0 radical (unpaired) electrons. The minimum absolute atomic E-state index is 0.0979. The number of nitrogens with zero attached hydrogens (tertiary/aromatic N) is 1. The summed E-state index contributed by atoms with van der Waals surface area (Å²) < 4.78 is 43.5. The second-order valence-electron chi connectivity index (χ2n) is 5.96. The summed E-state index contributed by atoms with van der Waals surface area (Å²) in [7, 11) is -1.04. The molecule has 0 fully saturated rings. The lowest BCUT2D eigenvalue weighted by atomic mass is 10.2. The lowest BCUT2D eigenvalue weighted by Gasteiger charge is -2.26. The van der Waals surface area contributed by atoms with Crippen LogP contribution in [0.25, 0.3) is 0 Å². The van der Waals surface area contributed by atoms with E-state index < -0.39 is 16.0 Å². The molecule has 0 aliphatic rings. The monoisotopic (exact) mass is 407 g/mol. The molecule has 0 amide bonds. The van der Waals surface area contributed by atoms with E-state index in [1.165, 1.54) is 26.4 Å². The zero-order valence-corrected chi connectivity index (χ0v) is 17.3. The van der Waals surface area contributed by atoms with Gasteiger partial charge in [0.25, 0.3) is 10.0 Å². The van der Waals surface area contributed by atoms with Crippen molar-refractivity contribution in [2.45, 2.75) is 25.2 Å². The van der Waals surface area contributed by atoms with Crippen LogP contribution in [-0.2, 0) is 19.6 Å². The highest BCUT2D eigenvalue weighted by Gasteiger charge is 2.29. The van der Waals surface area contributed by atoms with Crippen LogP contribution in [0.5, 0.6) is 11.5 Å². The largest absolute Gasteiger partial charge is 0.493 e. The predicted molar refractivity (Wildman–Crippen MR) is 107 cm³/mol. The molecule has 0 aromatic heterocycles. The first-order valence-electron chi connectivity index (χ1n) is 8.81. The minimum Gasteiger partial charge on any atom is -0.493 e. The maximum Gasteiger partial charge on any atom is 0.307 e. The van der Waals surface area contributed by atoms with Gasteiger partial charge in [-0.05, 0) is 38.1 Å². The molecule has 0 saturated heterocycles. The highest BCUT2D eigenvalue weighted by Crippen LogP contribution is 2.39. The summed E-state index contributed by atoms with van der Waals surface area (Å²) in [5, 5.41) is 0. The van der Waals surface area contributed by atoms with Crippen molar-refractivity contribution >= 4 is 21.7 Å². The molecule has 0 spiro atoms. The Balaban J connectivity index is 2.54. The maximum atomic E-state index is 13.4. The molecular formula is C20H25NO6S. The van der Waals surface area contributed by atoms with E-state index in [9.17, 15) is 13.2 Å². The highest BCUT2D eigenvalue weighted by molar-refractivity contribution is 7.92. The van der Waals surface area contributed by atoms with Gasteiger partial charge >= 0.3 is 5.97 Å². The number of carbonyl (C=O) groups is 1. The molecule has 0 saturated carbocycles. The number of para-hydroxylation sites is 1. The fourth-order valence-electron chi connectivity index (χ4n) is 2.70. The number of carbonyl (C=O) groups excluding carboxylic acids is 1. The molecule has 152 valence electrons. The minimum atomic E-state index is -3.95. The Morgan fingerprint density at radius 3 is 2.29 bits per heavy atom. The van der Waals surface area contributed by atoms with Crippen LogP contribution < -0.4 is 13.8 Å². The highest BCUT2D eigenvalue weighted by atomic mass is 32.2. The number of hydrogen-bond acceptors (Lipinski definition) is 6. The first-order valence-corrected chi connectivity index (χ1v) is 10.2. The van der Waals surface area contributed by atoms with Gasteiger partial charge in [0, 0.05) is 6.54 Å². The maximum absolute atomic E-state index is 13.4. The Hall–Kier alpha value is -2.74. The number of ether oxygens (including phenoxy) is 3. The molecule has 8 heteroatoms. The van der Waals surface area contributed by atoms with Crippen molar-refractivity contribution in [3.8, 4) is 11.5 Å².